The van der Waals surface area contributed by atoms with Crippen LogP contribution in [0.15, 0.2) is 36.5 Å². The number of hydrogen-bond acceptors (Lipinski definition) is 4. The van der Waals surface area contributed by atoms with E-state index in [1.807, 2.05) is 37.3 Å². The summed E-state index contributed by atoms with van der Waals surface area (Å²) in [6.45, 7) is 2.64. The lowest BCUT2D eigenvalue weighted by molar-refractivity contribution is 0.0932. The van der Waals surface area contributed by atoms with Gasteiger partial charge in [-0.3, -0.25) is 9.89 Å². The second-order valence-electron chi connectivity index (χ2n) is 6.36. The number of carbonyl (C=O) groups excluding carboxylic acids is 1. The van der Waals surface area contributed by atoms with Crippen LogP contribution in [0, 0.1) is 6.92 Å². The molecule has 0 radical (unpaired) electrons. The van der Waals surface area contributed by atoms with E-state index in [0.29, 0.717) is 5.56 Å². The number of H-pyrrole nitrogens is 1. The van der Waals surface area contributed by atoms with Crippen molar-refractivity contribution >= 4 is 5.91 Å². The predicted molar refractivity (Wildman–Crippen MR) is 93.0 cm³/mol. The zero-order valence-corrected chi connectivity index (χ0v) is 14.1. The van der Waals surface area contributed by atoms with E-state index in [4.69, 9.17) is 0 Å². The monoisotopic (exact) mass is 336 g/mol. The van der Waals surface area contributed by atoms with Gasteiger partial charge in [0.15, 0.2) is 5.82 Å². The molecule has 2 aromatic heterocycles. The number of benzene rings is 1. The predicted octanol–water partition coefficient (Wildman–Crippen LogP) is 2.11. The minimum atomic E-state index is -0.0720. The van der Waals surface area contributed by atoms with Gasteiger partial charge < -0.3 is 9.88 Å². The van der Waals surface area contributed by atoms with E-state index < -0.39 is 0 Å². The first kappa shape index (κ1) is 15.6. The fourth-order valence-corrected chi connectivity index (χ4v) is 3.28. The lowest BCUT2D eigenvalue weighted by Gasteiger charge is -2.16. The van der Waals surface area contributed by atoms with Crippen molar-refractivity contribution in [3.8, 4) is 11.4 Å². The molecule has 0 saturated carbocycles. The lowest BCUT2D eigenvalue weighted by atomic mass is 10.1. The number of amides is 1. The van der Waals surface area contributed by atoms with Crippen molar-refractivity contribution in [1.29, 1.82) is 0 Å². The molecule has 7 nitrogen and oxygen atoms in total. The minimum absolute atomic E-state index is 0.0720. The number of nitrogens with one attached hydrogen (secondary N) is 2. The molecule has 0 bridgehead atoms. The summed E-state index contributed by atoms with van der Waals surface area (Å²) in [5.41, 5.74) is 2.46. The summed E-state index contributed by atoms with van der Waals surface area (Å²) in [5.74, 6) is 1.81. The fourth-order valence-electron chi connectivity index (χ4n) is 3.28. The fraction of sp³-hybridized carbons (Fsp3) is 0.333. The normalized spacial score (nSPS) is 16.9. The first-order chi connectivity index (χ1) is 12.2. The molecular formula is C18H20N6O. The zero-order valence-electron chi connectivity index (χ0n) is 14.1. The van der Waals surface area contributed by atoms with Gasteiger partial charge >= 0.3 is 0 Å². The van der Waals surface area contributed by atoms with E-state index in [9.17, 15) is 4.79 Å². The maximum Gasteiger partial charge on any atom is 0.254 e. The Bertz CT molecular complexity index is 882. The lowest BCUT2D eigenvalue weighted by Crippen LogP contribution is -2.35. The molecule has 1 aromatic carbocycles. The van der Waals surface area contributed by atoms with Crippen LogP contribution < -0.4 is 5.32 Å². The highest BCUT2D eigenvalue weighted by molar-refractivity contribution is 5.95. The standard InChI is InChI=1S/C18H20N6O/c1-12-15(11-19-21-12)18(25)20-14-7-8-16-22-23-17(24(16)10-9-14)13-5-3-2-4-6-13/h2-6,11,14H,7-10H2,1H3,(H,19,21)(H,20,25). The van der Waals surface area contributed by atoms with Gasteiger partial charge in [0.25, 0.3) is 5.91 Å². The van der Waals surface area contributed by atoms with Crippen LogP contribution in [-0.4, -0.2) is 36.9 Å². The molecule has 25 heavy (non-hydrogen) atoms. The Morgan fingerprint density at radius 3 is 2.84 bits per heavy atom. The van der Waals surface area contributed by atoms with Crippen LogP contribution in [0.3, 0.4) is 0 Å². The van der Waals surface area contributed by atoms with Gasteiger partial charge in [-0.1, -0.05) is 30.3 Å². The Morgan fingerprint density at radius 1 is 1.24 bits per heavy atom. The van der Waals surface area contributed by atoms with Gasteiger partial charge in [0.2, 0.25) is 0 Å². The molecule has 1 unspecified atom stereocenters. The highest BCUT2D eigenvalue weighted by atomic mass is 16.1. The van der Waals surface area contributed by atoms with E-state index in [-0.39, 0.29) is 11.9 Å². The Hall–Kier alpha value is -2.96. The molecule has 0 saturated heterocycles. The quantitative estimate of drug-likeness (QED) is 0.767. The van der Waals surface area contributed by atoms with Crippen LogP contribution in [0.2, 0.25) is 0 Å². The van der Waals surface area contributed by atoms with Crippen molar-refractivity contribution in [3.63, 3.8) is 0 Å². The Labute approximate surface area is 145 Å². The van der Waals surface area contributed by atoms with Crippen molar-refractivity contribution < 1.29 is 4.79 Å². The van der Waals surface area contributed by atoms with E-state index in [1.54, 1.807) is 6.20 Å². The second kappa shape index (κ2) is 6.51. The van der Waals surface area contributed by atoms with Gasteiger partial charge in [-0.2, -0.15) is 5.10 Å². The van der Waals surface area contributed by atoms with Crippen molar-refractivity contribution in [3.05, 3.63) is 53.6 Å². The maximum absolute atomic E-state index is 12.4. The summed E-state index contributed by atoms with van der Waals surface area (Å²) >= 11 is 0. The van der Waals surface area contributed by atoms with Gasteiger partial charge in [-0.25, -0.2) is 0 Å². The molecule has 0 aliphatic carbocycles. The third-order valence-corrected chi connectivity index (χ3v) is 4.69. The molecule has 128 valence electrons. The molecule has 3 heterocycles. The van der Waals surface area contributed by atoms with Crippen LogP contribution >= 0.6 is 0 Å². The summed E-state index contributed by atoms with van der Waals surface area (Å²) in [7, 11) is 0. The van der Waals surface area contributed by atoms with E-state index in [1.165, 1.54) is 0 Å². The summed E-state index contributed by atoms with van der Waals surface area (Å²) in [6.07, 6.45) is 4.09. The number of nitrogens with zero attached hydrogens (tertiary/aromatic N) is 4. The van der Waals surface area contributed by atoms with Crippen LogP contribution in [0.5, 0.6) is 0 Å². The average molecular weight is 336 g/mol. The molecule has 7 heteroatoms. The molecular weight excluding hydrogens is 316 g/mol. The van der Waals surface area contributed by atoms with E-state index >= 15 is 0 Å². The Balaban J connectivity index is 1.48. The third kappa shape index (κ3) is 3.05. The Morgan fingerprint density at radius 2 is 2.08 bits per heavy atom. The first-order valence-corrected chi connectivity index (χ1v) is 8.50. The van der Waals surface area contributed by atoms with Gasteiger partial charge in [-0.05, 0) is 19.8 Å². The third-order valence-electron chi connectivity index (χ3n) is 4.69. The number of carbonyl (C=O) groups is 1. The van der Waals surface area contributed by atoms with Gasteiger partial charge in [-0.15, -0.1) is 10.2 Å². The van der Waals surface area contributed by atoms with Gasteiger partial charge in [0.05, 0.1) is 11.8 Å². The average Bonchev–Trinajstić information content (AvgIpc) is 3.19. The Kier molecular flexibility index (Phi) is 4.05. The number of aromatic nitrogens is 5. The second-order valence-corrected chi connectivity index (χ2v) is 6.36. The number of aryl methyl sites for hydroxylation is 2. The molecule has 1 amide bonds. The highest BCUT2D eigenvalue weighted by Gasteiger charge is 2.23. The van der Waals surface area contributed by atoms with Gasteiger partial charge in [0.1, 0.15) is 5.82 Å². The SMILES string of the molecule is Cc1[nH]ncc1C(=O)NC1CCc2nnc(-c3ccccc3)n2CC1. The molecule has 1 aliphatic rings. The minimum Gasteiger partial charge on any atom is -0.349 e. The van der Waals surface area contributed by atoms with Crippen molar-refractivity contribution in [1.82, 2.24) is 30.3 Å². The molecule has 1 atom stereocenters. The van der Waals surface area contributed by atoms with Gasteiger partial charge in [0, 0.05) is 30.3 Å². The number of fused-ring (bicyclic) bond motifs is 1. The molecule has 0 spiro atoms. The summed E-state index contributed by atoms with van der Waals surface area (Å²) in [5, 5.41) is 18.6. The van der Waals surface area contributed by atoms with Crippen LogP contribution in [0.25, 0.3) is 11.4 Å². The maximum atomic E-state index is 12.4. The van der Waals surface area contributed by atoms with Crippen molar-refractivity contribution in [2.45, 2.75) is 38.8 Å². The molecule has 1 aliphatic heterocycles. The summed E-state index contributed by atoms with van der Waals surface area (Å²) in [4.78, 5) is 12.4. The van der Waals surface area contributed by atoms with Crippen LogP contribution in [-0.2, 0) is 13.0 Å². The van der Waals surface area contributed by atoms with Crippen LogP contribution in [0.1, 0.15) is 34.7 Å². The number of hydrogen-bond donors (Lipinski definition) is 2. The number of aromatic amines is 1. The molecule has 4 rings (SSSR count). The molecule has 3 aromatic rings. The number of rotatable bonds is 3. The zero-order chi connectivity index (χ0) is 17.2. The van der Waals surface area contributed by atoms with E-state index in [2.05, 4.69) is 30.3 Å². The van der Waals surface area contributed by atoms with Crippen molar-refractivity contribution in [2.24, 2.45) is 0 Å². The molecule has 0 fully saturated rings. The summed E-state index contributed by atoms with van der Waals surface area (Å²) < 4.78 is 2.17. The highest BCUT2D eigenvalue weighted by Crippen LogP contribution is 2.22. The molecule has 2 N–H and O–H groups in total. The van der Waals surface area contributed by atoms with Crippen LogP contribution in [0.4, 0.5) is 0 Å². The largest absolute Gasteiger partial charge is 0.349 e. The van der Waals surface area contributed by atoms with Crippen molar-refractivity contribution in [2.75, 3.05) is 0 Å². The first-order valence-electron chi connectivity index (χ1n) is 8.50. The summed E-state index contributed by atoms with van der Waals surface area (Å²) in [6, 6.07) is 10.2. The smallest absolute Gasteiger partial charge is 0.254 e. The van der Waals surface area contributed by atoms with E-state index in [0.717, 1.165) is 48.7 Å². The topological polar surface area (TPSA) is 88.5 Å².